The Bertz CT molecular complexity index is 461. The van der Waals surface area contributed by atoms with E-state index in [-0.39, 0.29) is 22.8 Å². The molecule has 0 aromatic heterocycles. The highest BCUT2D eigenvalue weighted by molar-refractivity contribution is 8.00. The molecule has 0 radical (unpaired) electrons. The first-order valence-electron chi connectivity index (χ1n) is 4.97. The van der Waals surface area contributed by atoms with Crippen LogP contribution in [0.15, 0.2) is 23.1 Å². The lowest BCUT2D eigenvalue weighted by Crippen LogP contribution is -2.07. The molecular weight excluding hydrogens is 311 g/mol. The fourth-order valence-electron chi connectivity index (χ4n) is 1.39. The summed E-state index contributed by atoms with van der Waals surface area (Å²) in [5.41, 5.74) is -5.13. The summed E-state index contributed by atoms with van der Waals surface area (Å²) in [6.07, 6.45) is -3.27. The number of alkyl halides is 6. The molecular formula is C11H8ClF5OS. The first-order valence-corrected chi connectivity index (χ1v) is 6.32. The molecule has 0 spiro atoms. The molecule has 0 saturated carbocycles. The van der Waals surface area contributed by atoms with Gasteiger partial charge in [-0.3, -0.25) is 4.79 Å². The maximum Gasteiger partial charge on any atom is 0.446 e. The van der Waals surface area contributed by atoms with Gasteiger partial charge in [0.2, 0.25) is 0 Å². The van der Waals surface area contributed by atoms with E-state index < -0.39 is 35.0 Å². The van der Waals surface area contributed by atoms with Gasteiger partial charge in [-0.15, -0.1) is 11.6 Å². The highest BCUT2D eigenvalue weighted by Gasteiger charge is 2.30. The minimum Gasteiger partial charge on any atom is -0.298 e. The maximum atomic E-state index is 12.8. The zero-order valence-corrected chi connectivity index (χ0v) is 10.9. The predicted octanol–water partition coefficient (Wildman–Crippen LogP) is 4.59. The third-order valence-corrected chi connectivity index (χ3v) is 3.14. The van der Waals surface area contributed by atoms with Crippen LogP contribution >= 0.6 is 23.4 Å². The second kappa shape index (κ2) is 6.56. The summed E-state index contributed by atoms with van der Waals surface area (Å²) < 4.78 is 61.9. The fraction of sp³-hybridized carbons (Fsp3) is 0.364. The molecule has 1 aromatic rings. The maximum absolute atomic E-state index is 12.8. The number of hydrogen-bond donors (Lipinski definition) is 0. The molecule has 106 valence electrons. The second-order valence-corrected chi connectivity index (χ2v) is 4.96. The van der Waals surface area contributed by atoms with Gasteiger partial charge in [-0.2, -0.15) is 13.2 Å². The van der Waals surface area contributed by atoms with Gasteiger partial charge in [-0.1, -0.05) is 6.07 Å². The molecule has 8 heteroatoms. The van der Waals surface area contributed by atoms with E-state index in [1.807, 2.05) is 0 Å². The van der Waals surface area contributed by atoms with Crippen LogP contribution in [0.4, 0.5) is 22.0 Å². The first-order chi connectivity index (χ1) is 8.73. The highest BCUT2D eigenvalue weighted by atomic mass is 35.5. The molecule has 1 nitrogen and oxygen atoms in total. The monoisotopic (exact) mass is 318 g/mol. The molecule has 0 bridgehead atoms. The van der Waals surface area contributed by atoms with E-state index >= 15 is 0 Å². The van der Waals surface area contributed by atoms with Crippen LogP contribution in [0, 0.1) is 0 Å². The highest BCUT2D eigenvalue weighted by Crippen LogP contribution is 2.38. The minimum absolute atomic E-state index is 0.00725. The first kappa shape index (κ1) is 16.2. The van der Waals surface area contributed by atoms with E-state index in [2.05, 4.69) is 0 Å². The lowest BCUT2D eigenvalue weighted by molar-refractivity contribution is -0.116. The number of carbonyl (C=O) groups excluding carboxylic acids is 1. The Kier molecular flexibility index (Phi) is 5.61. The van der Waals surface area contributed by atoms with Crippen LogP contribution in [0.3, 0.4) is 0 Å². The van der Waals surface area contributed by atoms with E-state index in [9.17, 15) is 26.7 Å². The molecule has 0 aliphatic rings. The summed E-state index contributed by atoms with van der Waals surface area (Å²) in [6.45, 7) is 0. The molecule has 0 saturated heterocycles. The van der Waals surface area contributed by atoms with Crippen LogP contribution in [-0.4, -0.2) is 17.2 Å². The van der Waals surface area contributed by atoms with E-state index in [1.54, 1.807) is 0 Å². The number of carbonyl (C=O) groups is 1. The number of ketones is 1. The quantitative estimate of drug-likeness (QED) is 0.449. The van der Waals surface area contributed by atoms with Gasteiger partial charge in [0.05, 0.1) is 5.88 Å². The van der Waals surface area contributed by atoms with Crippen molar-refractivity contribution in [3.63, 3.8) is 0 Å². The lowest BCUT2D eigenvalue weighted by atomic mass is 10.0. The molecule has 0 heterocycles. The van der Waals surface area contributed by atoms with E-state index in [0.29, 0.717) is 0 Å². The van der Waals surface area contributed by atoms with Gasteiger partial charge in [0.25, 0.3) is 6.43 Å². The molecule has 0 fully saturated rings. The Morgan fingerprint density at radius 2 is 1.95 bits per heavy atom. The van der Waals surface area contributed by atoms with Crippen LogP contribution in [0.25, 0.3) is 0 Å². The number of benzene rings is 1. The van der Waals surface area contributed by atoms with Gasteiger partial charge in [-0.05, 0) is 29.5 Å². The fourth-order valence-corrected chi connectivity index (χ4v) is 2.08. The smallest absolute Gasteiger partial charge is 0.298 e. The predicted molar refractivity (Wildman–Crippen MR) is 62.7 cm³/mol. The summed E-state index contributed by atoms with van der Waals surface area (Å²) in [6, 6.07) is 2.90. The van der Waals surface area contributed by atoms with E-state index in [1.165, 1.54) is 0 Å². The Balaban J connectivity index is 3.04. The molecule has 1 rings (SSSR count). The molecule has 0 aliphatic carbocycles. The summed E-state index contributed by atoms with van der Waals surface area (Å²) in [4.78, 5) is 10.8. The Hall–Kier alpha value is -0.820. The van der Waals surface area contributed by atoms with Crippen molar-refractivity contribution in [2.45, 2.75) is 23.3 Å². The molecule has 0 aliphatic heterocycles. The summed E-state index contributed by atoms with van der Waals surface area (Å²) >= 11 is 4.78. The van der Waals surface area contributed by atoms with Crippen molar-refractivity contribution in [1.29, 1.82) is 0 Å². The number of halogens is 6. The van der Waals surface area contributed by atoms with Crippen molar-refractivity contribution in [3.8, 4) is 0 Å². The van der Waals surface area contributed by atoms with Crippen molar-refractivity contribution in [2.24, 2.45) is 0 Å². The van der Waals surface area contributed by atoms with Crippen LogP contribution in [0.5, 0.6) is 0 Å². The Morgan fingerprint density at radius 1 is 1.32 bits per heavy atom. The van der Waals surface area contributed by atoms with Crippen molar-refractivity contribution < 1.29 is 26.7 Å². The Labute approximate surface area is 115 Å². The standard InChI is InChI=1S/C11H8ClF5OS/c12-5-7(18)3-6-1-2-8(19-11(15,16)17)4-9(6)10(13)14/h1-2,4,10H,3,5H2. The third kappa shape index (κ3) is 5.36. The van der Waals surface area contributed by atoms with Crippen molar-refractivity contribution in [3.05, 3.63) is 29.3 Å². The Morgan fingerprint density at radius 3 is 2.42 bits per heavy atom. The molecule has 19 heavy (non-hydrogen) atoms. The minimum atomic E-state index is -4.55. The molecule has 0 amide bonds. The van der Waals surface area contributed by atoms with Gasteiger partial charge >= 0.3 is 5.51 Å². The van der Waals surface area contributed by atoms with Crippen LogP contribution in [0.1, 0.15) is 17.6 Å². The summed E-state index contributed by atoms with van der Waals surface area (Å²) in [5.74, 6) is -0.804. The summed E-state index contributed by atoms with van der Waals surface area (Å²) in [5, 5.41) is 0. The topological polar surface area (TPSA) is 17.1 Å². The van der Waals surface area contributed by atoms with Crippen molar-refractivity contribution in [1.82, 2.24) is 0 Å². The SMILES string of the molecule is O=C(CCl)Cc1ccc(SC(F)(F)F)cc1C(F)F. The zero-order chi connectivity index (χ0) is 14.6. The normalized spacial score (nSPS) is 11.9. The van der Waals surface area contributed by atoms with Crippen LogP contribution in [-0.2, 0) is 11.2 Å². The van der Waals surface area contributed by atoms with Gasteiger partial charge in [-0.25, -0.2) is 8.78 Å². The average Bonchev–Trinajstić information content (AvgIpc) is 2.28. The molecule has 0 N–H and O–H groups in total. The van der Waals surface area contributed by atoms with Crippen molar-refractivity contribution >= 4 is 29.1 Å². The van der Waals surface area contributed by atoms with E-state index in [4.69, 9.17) is 11.6 Å². The summed E-state index contributed by atoms with van der Waals surface area (Å²) in [7, 11) is 0. The number of thioether (sulfide) groups is 1. The average molecular weight is 319 g/mol. The van der Waals surface area contributed by atoms with Gasteiger partial charge < -0.3 is 0 Å². The third-order valence-electron chi connectivity index (χ3n) is 2.12. The van der Waals surface area contributed by atoms with Crippen LogP contribution < -0.4 is 0 Å². The van der Waals surface area contributed by atoms with Crippen LogP contribution in [0.2, 0.25) is 0 Å². The van der Waals surface area contributed by atoms with Gasteiger partial charge in [0.15, 0.2) is 5.78 Å². The molecule has 1 aromatic carbocycles. The van der Waals surface area contributed by atoms with Gasteiger partial charge in [0.1, 0.15) is 0 Å². The number of rotatable bonds is 5. The number of Topliss-reactive ketones (excluding diaryl/α,β-unsaturated/α-hetero) is 1. The van der Waals surface area contributed by atoms with E-state index in [0.717, 1.165) is 18.2 Å². The second-order valence-electron chi connectivity index (χ2n) is 3.56. The molecule has 0 unspecified atom stereocenters. The van der Waals surface area contributed by atoms with Crippen molar-refractivity contribution in [2.75, 3.05) is 5.88 Å². The lowest BCUT2D eigenvalue weighted by Gasteiger charge is -2.11. The molecule has 0 atom stereocenters. The zero-order valence-electron chi connectivity index (χ0n) is 9.31. The largest absolute Gasteiger partial charge is 0.446 e. The number of hydrogen-bond acceptors (Lipinski definition) is 2. The van der Waals surface area contributed by atoms with Gasteiger partial charge in [0, 0.05) is 16.9 Å².